The van der Waals surface area contributed by atoms with Crippen molar-refractivity contribution < 1.29 is 0 Å². The first kappa shape index (κ1) is 11.7. The van der Waals surface area contributed by atoms with Gasteiger partial charge in [-0.15, -0.1) is 11.8 Å². The molecule has 1 saturated heterocycles. The Bertz CT molecular complexity index is 324. The molecule has 16 heavy (non-hydrogen) atoms. The van der Waals surface area contributed by atoms with Gasteiger partial charge in [-0.25, -0.2) is 4.98 Å². The number of aromatic nitrogens is 1. The van der Waals surface area contributed by atoms with Crippen molar-refractivity contribution in [1.29, 1.82) is 0 Å². The molecular formula is C12H19N3S. The van der Waals surface area contributed by atoms with Crippen LogP contribution in [0.15, 0.2) is 23.2 Å². The summed E-state index contributed by atoms with van der Waals surface area (Å²) in [5.41, 5.74) is 5.64. The second kappa shape index (κ2) is 6.11. The molecule has 0 unspecified atom stereocenters. The van der Waals surface area contributed by atoms with E-state index in [4.69, 9.17) is 5.73 Å². The maximum absolute atomic E-state index is 5.64. The van der Waals surface area contributed by atoms with E-state index in [-0.39, 0.29) is 0 Å². The van der Waals surface area contributed by atoms with Gasteiger partial charge in [0.15, 0.2) is 0 Å². The summed E-state index contributed by atoms with van der Waals surface area (Å²) in [6.07, 6.45) is 4.13. The zero-order valence-corrected chi connectivity index (χ0v) is 10.4. The van der Waals surface area contributed by atoms with Gasteiger partial charge in [0.1, 0.15) is 5.82 Å². The van der Waals surface area contributed by atoms with Crippen LogP contribution in [0.25, 0.3) is 0 Å². The number of thioether (sulfide) groups is 1. The number of nitrogen functional groups attached to an aromatic ring is 1. The summed E-state index contributed by atoms with van der Waals surface area (Å²) in [6.45, 7) is 3.71. The second-order valence-electron chi connectivity index (χ2n) is 4.15. The van der Waals surface area contributed by atoms with E-state index in [1.807, 2.05) is 18.2 Å². The second-order valence-corrected chi connectivity index (χ2v) is 5.27. The van der Waals surface area contributed by atoms with Gasteiger partial charge in [-0.05, 0) is 38.1 Å². The molecule has 88 valence electrons. The van der Waals surface area contributed by atoms with Gasteiger partial charge in [0, 0.05) is 12.3 Å². The average Bonchev–Trinajstić information content (AvgIpc) is 2.30. The molecule has 1 aromatic rings. The fourth-order valence-electron chi connectivity index (χ4n) is 1.97. The number of nitrogens with two attached hydrogens (primary N) is 1. The van der Waals surface area contributed by atoms with Crippen LogP contribution in [0.5, 0.6) is 0 Å². The van der Waals surface area contributed by atoms with E-state index < -0.39 is 0 Å². The van der Waals surface area contributed by atoms with Crippen molar-refractivity contribution in [3.63, 3.8) is 0 Å². The van der Waals surface area contributed by atoms with Crippen molar-refractivity contribution in [3.8, 4) is 0 Å². The minimum absolute atomic E-state index is 0.614. The molecule has 1 aliphatic rings. The average molecular weight is 237 g/mol. The van der Waals surface area contributed by atoms with Crippen molar-refractivity contribution in [2.24, 2.45) is 0 Å². The number of hydrogen-bond acceptors (Lipinski definition) is 4. The monoisotopic (exact) mass is 237 g/mol. The van der Waals surface area contributed by atoms with Gasteiger partial charge >= 0.3 is 0 Å². The highest BCUT2D eigenvalue weighted by molar-refractivity contribution is 7.99. The third-order valence-corrected chi connectivity index (χ3v) is 3.76. The summed E-state index contributed by atoms with van der Waals surface area (Å²) >= 11 is 1.80. The molecule has 3 nitrogen and oxygen atoms in total. The number of piperidine rings is 1. The van der Waals surface area contributed by atoms with Crippen LogP contribution in [-0.2, 0) is 0 Å². The van der Waals surface area contributed by atoms with E-state index in [0.717, 1.165) is 10.8 Å². The molecular weight excluding hydrogens is 218 g/mol. The molecule has 0 amide bonds. The lowest BCUT2D eigenvalue weighted by atomic mass is 10.1. The van der Waals surface area contributed by atoms with Gasteiger partial charge in [0.2, 0.25) is 0 Å². The molecule has 0 aliphatic carbocycles. The maximum atomic E-state index is 5.64. The third-order valence-electron chi connectivity index (χ3n) is 2.85. The van der Waals surface area contributed by atoms with Gasteiger partial charge in [0.05, 0.1) is 5.03 Å². The molecule has 2 rings (SSSR count). The normalized spacial score (nSPS) is 17.5. The molecule has 0 bridgehead atoms. The molecule has 1 aromatic heterocycles. The topological polar surface area (TPSA) is 42.1 Å². The quantitative estimate of drug-likeness (QED) is 0.816. The molecule has 2 heterocycles. The lowest BCUT2D eigenvalue weighted by Crippen LogP contribution is -2.31. The smallest absolute Gasteiger partial charge is 0.124 e. The fourth-order valence-corrected chi connectivity index (χ4v) is 2.88. The van der Waals surface area contributed by atoms with E-state index in [9.17, 15) is 0 Å². The van der Waals surface area contributed by atoms with Crippen molar-refractivity contribution in [3.05, 3.63) is 18.2 Å². The van der Waals surface area contributed by atoms with Crippen molar-refractivity contribution in [1.82, 2.24) is 9.88 Å². The first-order chi connectivity index (χ1) is 7.84. The molecule has 4 heteroatoms. The summed E-state index contributed by atoms with van der Waals surface area (Å²) in [5.74, 6) is 1.72. The predicted molar refractivity (Wildman–Crippen MR) is 69.7 cm³/mol. The maximum Gasteiger partial charge on any atom is 0.124 e. The lowest BCUT2D eigenvalue weighted by molar-refractivity contribution is 0.242. The van der Waals surface area contributed by atoms with Crippen molar-refractivity contribution in [2.75, 3.05) is 31.1 Å². The molecule has 0 radical (unpaired) electrons. The van der Waals surface area contributed by atoms with Crippen LogP contribution < -0.4 is 5.73 Å². The van der Waals surface area contributed by atoms with Gasteiger partial charge in [-0.1, -0.05) is 12.5 Å². The minimum atomic E-state index is 0.614. The Labute approximate surface area is 101 Å². The van der Waals surface area contributed by atoms with E-state index in [0.29, 0.717) is 5.82 Å². The lowest BCUT2D eigenvalue weighted by Gasteiger charge is -2.25. The molecule has 0 saturated carbocycles. The number of pyridine rings is 1. The fraction of sp³-hybridized carbons (Fsp3) is 0.583. The molecule has 0 aromatic carbocycles. The summed E-state index contributed by atoms with van der Waals surface area (Å²) < 4.78 is 0. The molecule has 0 spiro atoms. The van der Waals surface area contributed by atoms with Crippen LogP contribution >= 0.6 is 11.8 Å². The highest BCUT2D eigenvalue weighted by Gasteiger charge is 2.09. The molecule has 2 N–H and O–H groups in total. The Hall–Kier alpha value is -0.740. The minimum Gasteiger partial charge on any atom is -0.384 e. The Morgan fingerprint density at radius 1 is 1.25 bits per heavy atom. The van der Waals surface area contributed by atoms with Gasteiger partial charge in [-0.3, -0.25) is 0 Å². The number of hydrogen-bond donors (Lipinski definition) is 1. The summed E-state index contributed by atoms with van der Waals surface area (Å²) in [4.78, 5) is 6.82. The van der Waals surface area contributed by atoms with Gasteiger partial charge < -0.3 is 10.6 Å². The van der Waals surface area contributed by atoms with Crippen LogP contribution in [0.4, 0.5) is 5.82 Å². The Morgan fingerprint density at radius 2 is 2.06 bits per heavy atom. The predicted octanol–water partition coefficient (Wildman–Crippen LogP) is 2.24. The number of anilines is 1. The van der Waals surface area contributed by atoms with Crippen molar-refractivity contribution >= 4 is 17.6 Å². The highest BCUT2D eigenvalue weighted by atomic mass is 32.2. The largest absolute Gasteiger partial charge is 0.384 e. The summed E-state index contributed by atoms with van der Waals surface area (Å²) in [6, 6.07) is 5.82. The van der Waals surface area contributed by atoms with Crippen LogP contribution in [-0.4, -0.2) is 35.3 Å². The Morgan fingerprint density at radius 3 is 2.81 bits per heavy atom. The Balaban J connectivity index is 1.71. The first-order valence-corrected chi connectivity index (χ1v) is 6.91. The number of nitrogens with zero attached hydrogens (tertiary/aromatic N) is 2. The van der Waals surface area contributed by atoms with E-state index >= 15 is 0 Å². The number of rotatable bonds is 4. The molecule has 1 aliphatic heterocycles. The van der Waals surface area contributed by atoms with Gasteiger partial charge in [-0.2, -0.15) is 0 Å². The van der Waals surface area contributed by atoms with E-state index in [2.05, 4.69) is 9.88 Å². The van der Waals surface area contributed by atoms with Crippen LogP contribution in [0.1, 0.15) is 19.3 Å². The van der Waals surface area contributed by atoms with E-state index in [1.165, 1.54) is 38.9 Å². The number of likely N-dealkylation sites (tertiary alicyclic amines) is 1. The first-order valence-electron chi connectivity index (χ1n) is 5.92. The summed E-state index contributed by atoms with van der Waals surface area (Å²) in [5, 5.41) is 1.04. The Kier molecular flexibility index (Phi) is 4.48. The third kappa shape index (κ3) is 3.68. The van der Waals surface area contributed by atoms with Gasteiger partial charge in [0.25, 0.3) is 0 Å². The zero-order chi connectivity index (χ0) is 11.2. The zero-order valence-electron chi connectivity index (χ0n) is 9.56. The van der Waals surface area contributed by atoms with Crippen LogP contribution in [0.2, 0.25) is 0 Å². The molecule has 1 fully saturated rings. The highest BCUT2D eigenvalue weighted by Crippen LogP contribution is 2.17. The molecule has 0 atom stereocenters. The SMILES string of the molecule is Nc1cccc(SCCN2CCCCC2)n1. The van der Waals surface area contributed by atoms with Crippen LogP contribution in [0, 0.1) is 0 Å². The van der Waals surface area contributed by atoms with Crippen molar-refractivity contribution in [2.45, 2.75) is 24.3 Å². The standard InChI is InChI=1S/C12H19N3S/c13-11-5-4-6-12(14-11)16-10-9-15-7-2-1-3-8-15/h4-6H,1-3,7-10H2,(H2,13,14). The van der Waals surface area contributed by atoms with E-state index in [1.54, 1.807) is 11.8 Å². The summed E-state index contributed by atoms with van der Waals surface area (Å²) in [7, 11) is 0. The van der Waals surface area contributed by atoms with Crippen LogP contribution in [0.3, 0.4) is 0 Å².